The third kappa shape index (κ3) is 3.17. The Hall–Kier alpha value is -0.750. The Labute approximate surface area is 112 Å². The topological polar surface area (TPSA) is 87.0 Å². The summed E-state index contributed by atoms with van der Waals surface area (Å²) in [7, 11) is -4.35. The fourth-order valence-corrected chi connectivity index (χ4v) is 5.44. The normalized spacial score (nSPS) is 24.6. The van der Waals surface area contributed by atoms with E-state index in [1.165, 1.54) is 12.1 Å². The van der Waals surface area contributed by atoms with Crippen molar-refractivity contribution in [2.45, 2.75) is 23.1 Å². The first-order valence-electron chi connectivity index (χ1n) is 5.38. The lowest BCUT2D eigenvalue weighted by molar-refractivity contribution is 0.523. The second-order valence-corrected chi connectivity index (χ2v) is 8.69. The quantitative estimate of drug-likeness (QED) is 0.895. The first kappa shape index (κ1) is 13.7. The van der Waals surface area contributed by atoms with Crippen LogP contribution in [0.4, 0.5) is 0 Å². The van der Waals surface area contributed by atoms with Gasteiger partial charge in [-0.2, -0.15) is 5.26 Å². The number of hydrogen-bond acceptors (Lipinski definition) is 5. The van der Waals surface area contributed by atoms with Crippen LogP contribution in [-0.4, -0.2) is 30.2 Å². The Morgan fingerprint density at radius 1 is 1.39 bits per heavy atom. The minimum atomic E-state index is -3.55. The van der Waals surface area contributed by atoms with Crippen LogP contribution in [0, 0.1) is 11.3 Å². The van der Waals surface area contributed by atoms with Gasteiger partial charge < -0.3 is 0 Å². The van der Waals surface area contributed by atoms with Crippen LogP contribution in [-0.2, 0) is 20.8 Å². The highest BCUT2D eigenvalue weighted by molar-refractivity contribution is 7.91. The smallest absolute Gasteiger partial charge is 0.250 e. The monoisotopic (exact) mass is 304 g/mol. The number of rotatable bonds is 3. The van der Waals surface area contributed by atoms with Gasteiger partial charge in [0, 0.05) is 28.3 Å². The first-order chi connectivity index (χ1) is 8.51. The predicted molar refractivity (Wildman–Crippen MR) is 70.3 cm³/mol. The van der Waals surface area contributed by atoms with Crippen LogP contribution in [0.15, 0.2) is 16.3 Å². The summed E-state index contributed by atoms with van der Waals surface area (Å²) in [5, 5.41) is 8.68. The van der Waals surface area contributed by atoms with Crippen LogP contribution in [0.3, 0.4) is 0 Å². The summed E-state index contributed by atoms with van der Waals surface area (Å²) in [4.78, 5) is 0.375. The summed E-state index contributed by atoms with van der Waals surface area (Å²) in [6.45, 7) is 0. The van der Waals surface area contributed by atoms with E-state index in [9.17, 15) is 12.6 Å². The van der Waals surface area contributed by atoms with E-state index in [1.807, 2.05) is 6.07 Å². The molecule has 2 rings (SSSR count). The summed E-state index contributed by atoms with van der Waals surface area (Å²) in [6, 6.07) is 4.69. The first-order valence-corrected chi connectivity index (χ1v) is 9.17. The summed E-state index contributed by atoms with van der Waals surface area (Å²) < 4.78 is 38.0. The fourth-order valence-electron chi connectivity index (χ4n) is 1.71. The van der Waals surface area contributed by atoms with Gasteiger partial charge in [0.25, 0.3) is 0 Å². The zero-order valence-electron chi connectivity index (χ0n) is 9.46. The van der Waals surface area contributed by atoms with Crippen molar-refractivity contribution in [1.29, 1.82) is 5.26 Å². The van der Waals surface area contributed by atoms with E-state index >= 15 is 0 Å². The predicted octanol–water partition coefficient (Wildman–Crippen LogP) is 0.809. The van der Waals surface area contributed by atoms with Crippen LogP contribution in [0.1, 0.15) is 17.7 Å². The Balaban J connectivity index is 2.08. The van der Waals surface area contributed by atoms with Crippen molar-refractivity contribution < 1.29 is 12.6 Å². The minimum absolute atomic E-state index is 0.152. The van der Waals surface area contributed by atoms with E-state index in [0.29, 0.717) is 29.2 Å². The lowest BCUT2D eigenvalue weighted by Crippen LogP contribution is -2.39. The molecular weight excluding hydrogens is 292 g/mol. The largest absolute Gasteiger partial charge is 0.260 e. The van der Waals surface area contributed by atoms with E-state index in [4.69, 9.17) is 5.26 Å². The lowest BCUT2D eigenvalue weighted by Gasteiger charge is -2.21. The molecule has 0 spiro atoms. The van der Waals surface area contributed by atoms with Crippen LogP contribution in [0.25, 0.3) is 0 Å². The number of sulfonamides is 1. The molecule has 0 atom stereocenters. The number of thiophene rings is 1. The highest BCUT2D eigenvalue weighted by atomic mass is 32.2. The van der Waals surface area contributed by atoms with Gasteiger partial charge in [0.05, 0.1) is 0 Å². The standard InChI is InChI=1S/C10H12N2O3S3/c11-7-9-1-2-10(16-9)18(14,15)12-8-3-5-17(13)6-4-8/h1-2,8,12H,3-6H2. The number of nitriles is 1. The maximum absolute atomic E-state index is 12.0. The molecule has 0 radical (unpaired) electrons. The molecule has 1 N–H and O–H groups in total. The maximum atomic E-state index is 12.0. The number of hydrogen-bond donors (Lipinski definition) is 1. The van der Waals surface area contributed by atoms with E-state index in [0.717, 1.165) is 11.3 Å². The summed E-state index contributed by atoms with van der Waals surface area (Å²) in [6.07, 6.45) is 1.20. The zero-order valence-corrected chi connectivity index (χ0v) is 11.9. The third-order valence-corrected chi connectivity index (χ3v) is 7.05. The average molecular weight is 304 g/mol. The Kier molecular flexibility index (Phi) is 4.17. The van der Waals surface area contributed by atoms with Crippen molar-refractivity contribution in [3.05, 3.63) is 17.0 Å². The van der Waals surface area contributed by atoms with Gasteiger partial charge in [0.1, 0.15) is 15.2 Å². The van der Waals surface area contributed by atoms with E-state index in [-0.39, 0.29) is 10.3 Å². The van der Waals surface area contributed by atoms with Gasteiger partial charge in [0.2, 0.25) is 10.0 Å². The highest BCUT2D eigenvalue weighted by Crippen LogP contribution is 2.22. The molecule has 1 aliphatic rings. The molecule has 18 heavy (non-hydrogen) atoms. The summed E-state index contributed by atoms with van der Waals surface area (Å²) in [5.41, 5.74) is 0. The molecule has 1 aromatic heterocycles. The molecule has 98 valence electrons. The molecule has 1 aromatic rings. The van der Waals surface area contributed by atoms with Gasteiger partial charge in [0.15, 0.2) is 0 Å². The van der Waals surface area contributed by atoms with E-state index in [2.05, 4.69) is 4.72 Å². The SMILES string of the molecule is N#Cc1ccc(S(=O)(=O)NC2CCS(=O)CC2)s1. The van der Waals surface area contributed by atoms with Crippen molar-refractivity contribution in [3.8, 4) is 6.07 Å². The van der Waals surface area contributed by atoms with Crippen molar-refractivity contribution in [3.63, 3.8) is 0 Å². The molecule has 8 heteroatoms. The minimum Gasteiger partial charge on any atom is -0.260 e. The molecule has 0 aliphatic carbocycles. The fraction of sp³-hybridized carbons (Fsp3) is 0.500. The number of nitrogens with zero attached hydrogens (tertiary/aromatic N) is 1. The molecule has 0 amide bonds. The van der Waals surface area contributed by atoms with Crippen LogP contribution in [0.2, 0.25) is 0 Å². The van der Waals surface area contributed by atoms with Crippen molar-refractivity contribution >= 4 is 32.2 Å². The van der Waals surface area contributed by atoms with E-state index < -0.39 is 20.8 Å². The molecule has 1 saturated heterocycles. The van der Waals surface area contributed by atoms with Gasteiger partial charge in [-0.15, -0.1) is 11.3 Å². The molecule has 0 saturated carbocycles. The van der Waals surface area contributed by atoms with Gasteiger partial charge in [-0.3, -0.25) is 4.21 Å². The Bertz CT molecular complexity index is 590. The molecule has 0 aromatic carbocycles. The average Bonchev–Trinajstić information content (AvgIpc) is 2.81. The van der Waals surface area contributed by atoms with E-state index in [1.54, 1.807) is 0 Å². The molecule has 5 nitrogen and oxygen atoms in total. The van der Waals surface area contributed by atoms with Crippen molar-refractivity contribution in [2.75, 3.05) is 11.5 Å². The third-order valence-electron chi connectivity index (χ3n) is 2.67. The highest BCUT2D eigenvalue weighted by Gasteiger charge is 2.25. The molecule has 2 heterocycles. The number of nitrogens with one attached hydrogen (secondary N) is 1. The maximum Gasteiger partial charge on any atom is 0.250 e. The lowest BCUT2D eigenvalue weighted by atomic mass is 10.2. The van der Waals surface area contributed by atoms with Gasteiger partial charge in [-0.25, -0.2) is 13.1 Å². The van der Waals surface area contributed by atoms with Crippen LogP contribution < -0.4 is 4.72 Å². The van der Waals surface area contributed by atoms with Gasteiger partial charge >= 0.3 is 0 Å². The molecule has 1 aliphatic heterocycles. The Morgan fingerprint density at radius 3 is 2.61 bits per heavy atom. The summed E-state index contributed by atoms with van der Waals surface area (Å²) >= 11 is 0.957. The zero-order chi connectivity index (χ0) is 13.2. The van der Waals surface area contributed by atoms with Crippen molar-refractivity contribution in [1.82, 2.24) is 4.72 Å². The second-order valence-electron chi connectivity index (χ2n) is 3.97. The molecule has 0 unspecified atom stereocenters. The van der Waals surface area contributed by atoms with Crippen LogP contribution in [0.5, 0.6) is 0 Å². The Morgan fingerprint density at radius 2 is 2.06 bits per heavy atom. The van der Waals surface area contributed by atoms with Crippen molar-refractivity contribution in [2.24, 2.45) is 0 Å². The summed E-state index contributed by atoms with van der Waals surface area (Å²) in [5.74, 6) is 1.09. The second kappa shape index (κ2) is 5.48. The molecule has 1 fully saturated rings. The molecule has 0 bridgehead atoms. The van der Waals surface area contributed by atoms with Gasteiger partial charge in [-0.1, -0.05) is 0 Å². The van der Waals surface area contributed by atoms with Crippen LogP contribution >= 0.6 is 11.3 Å². The molecular formula is C10H12N2O3S3. The van der Waals surface area contributed by atoms with Gasteiger partial charge in [-0.05, 0) is 25.0 Å².